The van der Waals surface area contributed by atoms with E-state index in [2.05, 4.69) is 17.2 Å². The fourth-order valence-corrected chi connectivity index (χ4v) is 3.96. The molecule has 2 aromatic heterocycles. The predicted octanol–water partition coefficient (Wildman–Crippen LogP) is 3.65. The Hall–Kier alpha value is -1.84. The van der Waals surface area contributed by atoms with E-state index in [4.69, 9.17) is 11.6 Å². The Kier molecular flexibility index (Phi) is 4.69. The lowest BCUT2D eigenvalue weighted by Gasteiger charge is -2.29. The van der Waals surface area contributed by atoms with Crippen molar-refractivity contribution in [2.24, 2.45) is 5.92 Å². The average molecular weight is 349 g/mol. The summed E-state index contributed by atoms with van der Waals surface area (Å²) >= 11 is 7.57. The maximum absolute atomic E-state index is 12.4. The molecule has 0 spiro atoms. The third-order valence-corrected chi connectivity index (χ3v) is 5.36. The zero-order valence-electron chi connectivity index (χ0n) is 12.8. The van der Waals surface area contributed by atoms with Gasteiger partial charge in [-0.05, 0) is 24.8 Å². The van der Waals surface area contributed by atoms with Gasteiger partial charge in [0.2, 0.25) is 0 Å². The molecule has 0 bridgehead atoms. The number of imidazole rings is 1. The van der Waals surface area contributed by atoms with Gasteiger partial charge in [0, 0.05) is 17.6 Å². The van der Waals surface area contributed by atoms with Crippen molar-refractivity contribution in [3.8, 4) is 6.07 Å². The van der Waals surface area contributed by atoms with Gasteiger partial charge in [-0.25, -0.2) is 4.98 Å². The highest BCUT2D eigenvalue weighted by Gasteiger charge is 2.24. The lowest BCUT2D eigenvalue weighted by atomic mass is 9.86. The molecule has 1 amide bonds. The lowest BCUT2D eigenvalue weighted by molar-refractivity contribution is -0.118. The summed E-state index contributed by atoms with van der Waals surface area (Å²) in [6.45, 7) is 2.14. The van der Waals surface area contributed by atoms with Crippen molar-refractivity contribution < 1.29 is 4.79 Å². The number of fused-ring (bicyclic) bond motifs is 1. The molecule has 0 radical (unpaired) electrons. The summed E-state index contributed by atoms with van der Waals surface area (Å²) in [4.78, 5) is 17.4. The molecule has 120 valence electrons. The summed E-state index contributed by atoms with van der Waals surface area (Å²) < 4.78 is 1.78. The van der Waals surface area contributed by atoms with Crippen LogP contribution in [0.25, 0.3) is 11.0 Å². The average Bonchev–Trinajstić information content (AvgIpc) is 3.08. The quantitative estimate of drug-likeness (QED) is 0.679. The van der Waals surface area contributed by atoms with E-state index in [1.165, 1.54) is 23.8 Å². The number of halogens is 1. The molecule has 1 saturated carbocycles. The number of hydrogen-bond acceptors (Lipinski definition) is 4. The van der Waals surface area contributed by atoms with E-state index in [1.807, 2.05) is 17.6 Å². The normalized spacial score (nSPS) is 22.0. The van der Waals surface area contributed by atoms with Crippen molar-refractivity contribution in [2.75, 3.05) is 0 Å². The highest BCUT2D eigenvalue weighted by molar-refractivity contribution is 7.15. The smallest absolute Gasteiger partial charge is 0.262 e. The molecule has 1 N–H and O–H groups in total. The molecule has 2 aromatic rings. The van der Waals surface area contributed by atoms with E-state index in [-0.39, 0.29) is 17.5 Å². The molecule has 0 aromatic carbocycles. The van der Waals surface area contributed by atoms with Gasteiger partial charge in [-0.2, -0.15) is 5.26 Å². The Morgan fingerprint density at radius 1 is 1.57 bits per heavy atom. The van der Waals surface area contributed by atoms with Crippen LogP contribution in [-0.2, 0) is 4.79 Å². The highest BCUT2D eigenvalue weighted by Crippen LogP contribution is 2.25. The van der Waals surface area contributed by atoms with Gasteiger partial charge in [0.05, 0.1) is 5.69 Å². The molecule has 1 aliphatic carbocycles. The minimum atomic E-state index is -0.340. The third kappa shape index (κ3) is 3.26. The molecule has 3 rings (SSSR count). The summed E-state index contributed by atoms with van der Waals surface area (Å²) in [5, 5.41) is 14.5. The number of rotatable bonds is 3. The van der Waals surface area contributed by atoms with Crippen LogP contribution in [0.4, 0.5) is 0 Å². The standard InChI is InChI=1S/C16H17ClN4OS/c1-10-4-2-3-5-12(10)19-15(22)11(9-18)8-13-14(17)20-16-21(13)6-7-23-16/h6-8,10,12H,2-5H2,1H3,(H,19,22)/b11-8+/t10-,12-/m1/s1. The van der Waals surface area contributed by atoms with Crippen LogP contribution in [-0.4, -0.2) is 21.3 Å². The van der Waals surface area contributed by atoms with Gasteiger partial charge in [0.1, 0.15) is 11.6 Å². The van der Waals surface area contributed by atoms with Crippen molar-refractivity contribution >= 4 is 39.9 Å². The van der Waals surface area contributed by atoms with Crippen LogP contribution in [0.3, 0.4) is 0 Å². The number of thiazole rings is 1. The van der Waals surface area contributed by atoms with Crippen LogP contribution in [0, 0.1) is 17.2 Å². The van der Waals surface area contributed by atoms with E-state index in [0.29, 0.717) is 16.8 Å². The Bertz CT molecular complexity index is 801. The van der Waals surface area contributed by atoms with Gasteiger partial charge in [0.25, 0.3) is 5.91 Å². The molecule has 1 fully saturated rings. The van der Waals surface area contributed by atoms with Crippen LogP contribution in [0.2, 0.25) is 5.15 Å². The van der Waals surface area contributed by atoms with E-state index >= 15 is 0 Å². The van der Waals surface area contributed by atoms with E-state index in [9.17, 15) is 10.1 Å². The fourth-order valence-electron chi connectivity index (χ4n) is 2.97. The van der Waals surface area contributed by atoms with Crippen LogP contribution < -0.4 is 5.32 Å². The van der Waals surface area contributed by atoms with Crippen LogP contribution in [0.15, 0.2) is 17.2 Å². The number of carbonyl (C=O) groups is 1. The molecule has 7 heteroatoms. The molecule has 2 atom stereocenters. The largest absolute Gasteiger partial charge is 0.348 e. The second-order valence-corrected chi connectivity index (χ2v) is 7.09. The molecule has 1 aliphatic rings. The molecule has 0 unspecified atom stereocenters. The maximum Gasteiger partial charge on any atom is 0.262 e. The highest BCUT2D eigenvalue weighted by atomic mass is 35.5. The van der Waals surface area contributed by atoms with Crippen LogP contribution in [0.1, 0.15) is 38.3 Å². The summed E-state index contributed by atoms with van der Waals surface area (Å²) in [5.41, 5.74) is 0.615. The first-order valence-electron chi connectivity index (χ1n) is 7.64. The van der Waals surface area contributed by atoms with Gasteiger partial charge in [-0.1, -0.05) is 31.4 Å². The first-order chi connectivity index (χ1) is 11.1. The Morgan fingerprint density at radius 3 is 3.09 bits per heavy atom. The number of aromatic nitrogens is 2. The van der Waals surface area contributed by atoms with Gasteiger partial charge < -0.3 is 5.32 Å². The Morgan fingerprint density at radius 2 is 2.35 bits per heavy atom. The lowest BCUT2D eigenvalue weighted by Crippen LogP contribution is -2.41. The number of carbonyl (C=O) groups excluding carboxylic acids is 1. The summed E-state index contributed by atoms with van der Waals surface area (Å²) in [6, 6.07) is 2.12. The number of hydrogen-bond donors (Lipinski definition) is 1. The molecule has 0 aliphatic heterocycles. The zero-order valence-corrected chi connectivity index (χ0v) is 14.3. The molecule has 2 heterocycles. The van der Waals surface area contributed by atoms with Crippen LogP contribution in [0.5, 0.6) is 0 Å². The summed E-state index contributed by atoms with van der Waals surface area (Å²) in [7, 11) is 0. The van der Waals surface area contributed by atoms with Gasteiger partial charge >= 0.3 is 0 Å². The van der Waals surface area contributed by atoms with E-state index < -0.39 is 0 Å². The summed E-state index contributed by atoms with van der Waals surface area (Å²) in [5.74, 6) is 0.0993. The molecule has 5 nitrogen and oxygen atoms in total. The Balaban J connectivity index is 1.84. The number of amides is 1. The van der Waals surface area contributed by atoms with Crippen molar-refractivity contribution in [3.63, 3.8) is 0 Å². The molecule has 0 saturated heterocycles. The molecule has 23 heavy (non-hydrogen) atoms. The van der Waals surface area contributed by atoms with Crippen molar-refractivity contribution in [1.82, 2.24) is 14.7 Å². The van der Waals surface area contributed by atoms with E-state index in [1.54, 1.807) is 4.40 Å². The molecular weight excluding hydrogens is 332 g/mol. The van der Waals surface area contributed by atoms with Gasteiger partial charge in [-0.3, -0.25) is 9.20 Å². The minimum absolute atomic E-state index is 0.0534. The molecular formula is C16H17ClN4OS. The third-order valence-electron chi connectivity index (χ3n) is 4.33. The topological polar surface area (TPSA) is 70.2 Å². The number of nitriles is 1. The van der Waals surface area contributed by atoms with Gasteiger partial charge in [-0.15, -0.1) is 11.3 Å². The van der Waals surface area contributed by atoms with E-state index in [0.717, 1.165) is 24.2 Å². The number of nitrogens with one attached hydrogen (secondary N) is 1. The summed E-state index contributed by atoms with van der Waals surface area (Å²) in [6.07, 6.45) is 7.73. The maximum atomic E-state index is 12.4. The van der Waals surface area contributed by atoms with Gasteiger partial charge in [0.15, 0.2) is 10.1 Å². The van der Waals surface area contributed by atoms with Crippen molar-refractivity contribution in [2.45, 2.75) is 38.6 Å². The van der Waals surface area contributed by atoms with Crippen LogP contribution >= 0.6 is 22.9 Å². The predicted molar refractivity (Wildman–Crippen MR) is 91.2 cm³/mol. The van der Waals surface area contributed by atoms with Crippen molar-refractivity contribution in [3.05, 3.63) is 28.0 Å². The van der Waals surface area contributed by atoms with Crippen molar-refractivity contribution in [1.29, 1.82) is 5.26 Å². The second kappa shape index (κ2) is 6.73. The zero-order chi connectivity index (χ0) is 16.4. The second-order valence-electron chi connectivity index (χ2n) is 5.85. The fraction of sp³-hybridized carbons (Fsp3) is 0.438. The number of nitrogens with zero attached hydrogens (tertiary/aromatic N) is 3. The first kappa shape index (κ1) is 16.0. The Labute approximate surface area is 143 Å². The minimum Gasteiger partial charge on any atom is -0.348 e. The monoisotopic (exact) mass is 348 g/mol. The SMILES string of the molecule is C[C@@H]1CCCC[C@H]1NC(=O)/C(C#N)=C/c1c(Cl)nc2sccn12. The first-order valence-corrected chi connectivity index (χ1v) is 8.89.